The predicted molar refractivity (Wildman–Crippen MR) is 79.8 cm³/mol. The van der Waals surface area contributed by atoms with E-state index in [2.05, 4.69) is 0 Å². The molecule has 0 saturated carbocycles. The molecule has 5 heteroatoms. The first kappa shape index (κ1) is 14.6. The maximum Gasteiger partial charge on any atom is 0.235 e. The highest BCUT2D eigenvalue weighted by atomic mass is 16.6. The number of nitro groups is 1. The summed E-state index contributed by atoms with van der Waals surface area (Å²) in [5.74, 6) is 1.14. The van der Waals surface area contributed by atoms with Gasteiger partial charge in [0, 0.05) is 6.08 Å². The molecule has 0 fully saturated rings. The number of benzene rings is 2. The van der Waals surface area contributed by atoms with E-state index in [1.807, 2.05) is 30.3 Å². The molecule has 0 N–H and O–H groups in total. The quantitative estimate of drug-likeness (QED) is 0.601. The van der Waals surface area contributed by atoms with Crippen molar-refractivity contribution in [1.29, 1.82) is 0 Å². The van der Waals surface area contributed by atoms with Crippen molar-refractivity contribution in [2.24, 2.45) is 0 Å². The second kappa shape index (κ2) is 7.09. The van der Waals surface area contributed by atoms with E-state index in [1.54, 1.807) is 18.2 Å². The van der Waals surface area contributed by atoms with E-state index in [0.717, 1.165) is 11.8 Å². The van der Waals surface area contributed by atoms with Crippen LogP contribution in [0.1, 0.15) is 11.1 Å². The van der Waals surface area contributed by atoms with Gasteiger partial charge in [-0.25, -0.2) is 0 Å². The Kier molecular flexibility index (Phi) is 4.93. The van der Waals surface area contributed by atoms with E-state index < -0.39 is 4.92 Å². The van der Waals surface area contributed by atoms with E-state index in [0.29, 0.717) is 23.7 Å². The van der Waals surface area contributed by atoms with Gasteiger partial charge in [0.05, 0.1) is 12.0 Å². The normalized spacial score (nSPS) is 10.5. The predicted octanol–water partition coefficient (Wildman–Crippen LogP) is 3.52. The smallest absolute Gasteiger partial charge is 0.235 e. The molecule has 0 aromatic heterocycles. The number of hydrogen-bond acceptors (Lipinski definition) is 4. The standard InChI is InChI=1S/C16H15NO4/c1-20-16-11-13(9-10-17(18)19)7-8-15(16)21-12-14-5-3-2-4-6-14/h2-11H,12H2,1H3/b10-9+. The van der Waals surface area contributed by atoms with Crippen LogP contribution >= 0.6 is 0 Å². The lowest BCUT2D eigenvalue weighted by molar-refractivity contribution is -0.400. The van der Waals surface area contributed by atoms with Crippen LogP contribution in [0.2, 0.25) is 0 Å². The van der Waals surface area contributed by atoms with E-state index in [-0.39, 0.29) is 0 Å². The summed E-state index contributed by atoms with van der Waals surface area (Å²) in [5, 5.41) is 10.3. The molecular weight excluding hydrogens is 270 g/mol. The zero-order valence-corrected chi connectivity index (χ0v) is 11.6. The Bertz CT molecular complexity index is 638. The van der Waals surface area contributed by atoms with Gasteiger partial charge in [0.1, 0.15) is 6.61 Å². The van der Waals surface area contributed by atoms with Gasteiger partial charge in [0.25, 0.3) is 0 Å². The van der Waals surface area contributed by atoms with E-state index >= 15 is 0 Å². The lowest BCUT2D eigenvalue weighted by atomic mass is 10.2. The molecule has 0 amide bonds. The monoisotopic (exact) mass is 285 g/mol. The second-order valence-corrected chi connectivity index (χ2v) is 4.29. The summed E-state index contributed by atoms with van der Waals surface area (Å²) >= 11 is 0. The van der Waals surface area contributed by atoms with Crippen molar-refractivity contribution in [2.45, 2.75) is 6.61 Å². The summed E-state index contributed by atoms with van der Waals surface area (Å²) in [7, 11) is 1.53. The molecule has 2 aromatic carbocycles. The number of ether oxygens (including phenoxy) is 2. The minimum absolute atomic E-state index is 0.432. The zero-order valence-electron chi connectivity index (χ0n) is 11.6. The fourth-order valence-corrected chi connectivity index (χ4v) is 1.79. The van der Waals surface area contributed by atoms with E-state index in [1.165, 1.54) is 13.2 Å². The fourth-order valence-electron chi connectivity index (χ4n) is 1.79. The first-order valence-corrected chi connectivity index (χ1v) is 6.35. The molecule has 108 valence electrons. The lowest BCUT2D eigenvalue weighted by Crippen LogP contribution is -1.97. The minimum atomic E-state index is -0.508. The molecule has 0 aliphatic carbocycles. The van der Waals surface area contributed by atoms with Gasteiger partial charge in [0.2, 0.25) is 6.20 Å². The van der Waals surface area contributed by atoms with Crippen LogP contribution in [-0.2, 0) is 6.61 Å². The molecular formula is C16H15NO4. The van der Waals surface area contributed by atoms with Crippen LogP contribution in [0.4, 0.5) is 0 Å². The first-order chi connectivity index (χ1) is 10.2. The Labute approximate surface area is 122 Å². The Morgan fingerprint density at radius 2 is 1.90 bits per heavy atom. The summed E-state index contributed by atoms with van der Waals surface area (Å²) in [6, 6.07) is 15.0. The van der Waals surface area contributed by atoms with Crippen molar-refractivity contribution >= 4 is 6.08 Å². The van der Waals surface area contributed by atoms with Crippen molar-refractivity contribution in [3.63, 3.8) is 0 Å². The number of nitrogens with zero attached hydrogens (tertiary/aromatic N) is 1. The molecule has 21 heavy (non-hydrogen) atoms. The van der Waals surface area contributed by atoms with Crippen LogP contribution in [0.5, 0.6) is 11.5 Å². The first-order valence-electron chi connectivity index (χ1n) is 6.35. The third-order valence-corrected chi connectivity index (χ3v) is 2.81. The van der Waals surface area contributed by atoms with Crippen LogP contribution in [-0.4, -0.2) is 12.0 Å². The molecule has 0 aliphatic heterocycles. The maximum absolute atomic E-state index is 10.3. The van der Waals surface area contributed by atoms with E-state index in [4.69, 9.17) is 9.47 Å². The SMILES string of the molecule is COc1cc(/C=C/[N+](=O)[O-])ccc1OCc1ccccc1. The molecule has 2 rings (SSSR count). The van der Waals surface area contributed by atoms with Crippen molar-refractivity contribution in [2.75, 3.05) is 7.11 Å². The molecule has 0 bridgehead atoms. The summed E-state index contributed by atoms with van der Waals surface area (Å²) in [5.41, 5.74) is 1.73. The van der Waals surface area contributed by atoms with Crippen molar-refractivity contribution < 1.29 is 14.4 Å². The summed E-state index contributed by atoms with van der Waals surface area (Å²) in [6.07, 6.45) is 2.29. The van der Waals surface area contributed by atoms with Gasteiger partial charge >= 0.3 is 0 Å². The largest absolute Gasteiger partial charge is 0.493 e. The molecule has 2 aromatic rings. The van der Waals surface area contributed by atoms with Gasteiger partial charge in [0.15, 0.2) is 11.5 Å². The summed E-state index contributed by atoms with van der Waals surface area (Å²) < 4.78 is 11.0. The molecule has 0 unspecified atom stereocenters. The summed E-state index contributed by atoms with van der Waals surface area (Å²) in [4.78, 5) is 9.81. The van der Waals surface area contributed by atoms with Gasteiger partial charge in [-0.2, -0.15) is 0 Å². The molecule has 5 nitrogen and oxygen atoms in total. The van der Waals surface area contributed by atoms with Gasteiger partial charge in [-0.1, -0.05) is 36.4 Å². The van der Waals surface area contributed by atoms with Crippen molar-refractivity contribution in [1.82, 2.24) is 0 Å². The van der Waals surface area contributed by atoms with E-state index in [9.17, 15) is 10.1 Å². The Balaban J connectivity index is 2.11. The van der Waals surface area contributed by atoms with Gasteiger partial charge < -0.3 is 9.47 Å². The van der Waals surface area contributed by atoms with Crippen LogP contribution in [0.25, 0.3) is 6.08 Å². The molecule has 0 spiro atoms. The minimum Gasteiger partial charge on any atom is -0.493 e. The number of rotatable bonds is 6. The highest BCUT2D eigenvalue weighted by Gasteiger charge is 2.05. The summed E-state index contributed by atoms with van der Waals surface area (Å²) in [6.45, 7) is 0.432. The van der Waals surface area contributed by atoms with Crippen LogP contribution < -0.4 is 9.47 Å². The fraction of sp³-hybridized carbons (Fsp3) is 0.125. The topological polar surface area (TPSA) is 61.6 Å². The molecule has 0 heterocycles. The zero-order chi connectivity index (χ0) is 15.1. The van der Waals surface area contributed by atoms with Gasteiger partial charge in [-0.3, -0.25) is 10.1 Å². The van der Waals surface area contributed by atoms with Crippen LogP contribution in [0, 0.1) is 10.1 Å². The van der Waals surface area contributed by atoms with Crippen molar-refractivity contribution in [3.8, 4) is 11.5 Å². The highest BCUT2D eigenvalue weighted by Crippen LogP contribution is 2.29. The van der Waals surface area contributed by atoms with Crippen LogP contribution in [0.15, 0.2) is 54.7 Å². The van der Waals surface area contributed by atoms with Gasteiger partial charge in [-0.15, -0.1) is 0 Å². The van der Waals surface area contributed by atoms with Gasteiger partial charge in [-0.05, 0) is 23.3 Å². The average Bonchev–Trinajstić information content (AvgIpc) is 2.52. The molecule has 0 atom stereocenters. The number of hydrogen-bond donors (Lipinski definition) is 0. The third-order valence-electron chi connectivity index (χ3n) is 2.81. The second-order valence-electron chi connectivity index (χ2n) is 4.29. The Morgan fingerprint density at radius 1 is 1.14 bits per heavy atom. The number of methoxy groups -OCH3 is 1. The van der Waals surface area contributed by atoms with Crippen molar-refractivity contribution in [3.05, 3.63) is 76.0 Å². The molecule has 0 saturated heterocycles. The maximum atomic E-state index is 10.3. The average molecular weight is 285 g/mol. The highest BCUT2D eigenvalue weighted by molar-refractivity contribution is 5.55. The molecule has 0 radical (unpaired) electrons. The molecule has 0 aliphatic rings. The Morgan fingerprint density at radius 3 is 2.57 bits per heavy atom. The third kappa shape index (κ3) is 4.35. The van der Waals surface area contributed by atoms with Crippen LogP contribution in [0.3, 0.4) is 0 Å². The lowest BCUT2D eigenvalue weighted by Gasteiger charge is -2.11. The Hall–Kier alpha value is -2.82.